The van der Waals surface area contributed by atoms with Crippen molar-refractivity contribution in [2.24, 2.45) is 0 Å². The van der Waals surface area contributed by atoms with E-state index in [9.17, 15) is 13.5 Å². The second-order valence-electron chi connectivity index (χ2n) is 12.3. The fourth-order valence-electron chi connectivity index (χ4n) is 5.58. The Labute approximate surface area is 279 Å². The fourth-order valence-corrected chi connectivity index (χ4v) is 7.44. The minimum Gasteiger partial charge on any atom is -0.493 e. The van der Waals surface area contributed by atoms with Crippen LogP contribution in [-0.4, -0.2) is 23.1 Å². The van der Waals surface area contributed by atoms with Gasteiger partial charge in [0.25, 0.3) is 0 Å². The van der Waals surface area contributed by atoms with Gasteiger partial charge in [-0.25, -0.2) is 14.0 Å². The molecule has 6 rings (SSSR count). The first kappa shape index (κ1) is 31.7. The monoisotopic (exact) mass is 672 g/mol. The lowest BCUT2D eigenvalue weighted by Crippen LogP contribution is -2.31. The predicted molar refractivity (Wildman–Crippen MR) is 187 cm³/mol. The molecule has 4 aromatic carbocycles. The molecule has 0 unspecified atom stereocenters. The highest BCUT2D eigenvalue weighted by Crippen LogP contribution is 2.34. The van der Waals surface area contributed by atoms with Gasteiger partial charge in [0, 0.05) is 28.9 Å². The minimum atomic E-state index is -3.94. The third-order valence-corrected chi connectivity index (χ3v) is 9.98. The molecule has 0 saturated heterocycles. The van der Waals surface area contributed by atoms with Gasteiger partial charge in [-0.3, -0.25) is 0 Å². The molecule has 0 aliphatic carbocycles. The third-order valence-electron chi connectivity index (χ3n) is 8.07. The SMILES string of the molecule is CCC1=C(O)NS(=O)(=O)N1c1ccc(-n2cc(-c3ccc(Cl)cc3Cl)nc2Cc2ccc(-c3ccc(C(C)(C)C)cc3)cc2)cc1. The highest BCUT2D eigenvalue weighted by atomic mass is 35.5. The second kappa shape index (κ2) is 12.2. The molecule has 2 heterocycles. The van der Waals surface area contributed by atoms with Gasteiger partial charge < -0.3 is 9.67 Å². The number of halogens is 2. The first-order valence-corrected chi connectivity index (χ1v) is 17.1. The van der Waals surface area contributed by atoms with Crippen molar-refractivity contribution in [3.8, 4) is 28.1 Å². The van der Waals surface area contributed by atoms with E-state index >= 15 is 0 Å². The van der Waals surface area contributed by atoms with Crippen molar-refractivity contribution in [3.63, 3.8) is 0 Å². The van der Waals surface area contributed by atoms with E-state index in [1.165, 1.54) is 5.56 Å². The minimum absolute atomic E-state index is 0.0985. The van der Waals surface area contributed by atoms with Gasteiger partial charge >= 0.3 is 10.2 Å². The number of aliphatic hydroxyl groups excluding tert-OH is 1. The van der Waals surface area contributed by atoms with Gasteiger partial charge in [0.2, 0.25) is 5.88 Å². The number of hydrogen-bond donors (Lipinski definition) is 2. The Morgan fingerprint density at radius 3 is 2.04 bits per heavy atom. The van der Waals surface area contributed by atoms with E-state index in [-0.39, 0.29) is 17.0 Å². The number of allylic oxidation sites excluding steroid dienone is 1. The molecule has 46 heavy (non-hydrogen) atoms. The molecule has 0 amide bonds. The largest absolute Gasteiger partial charge is 0.493 e. The summed E-state index contributed by atoms with van der Waals surface area (Å²) in [5.41, 5.74) is 7.67. The summed E-state index contributed by atoms with van der Waals surface area (Å²) in [5, 5.41) is 11.2. The van der Waals surface area contributed by atoms with Gasteiger partial charge in [0.1, 0.15) is 5.82 Å². The zero-order valence-electron chi connectivity index (χ0n) is 25.9. The molecule has 236 valence electrons. The van der Waals surface area contributed by atoms with Gasteiger partial charge in [-0.2, -0.15) is 8.42 Å². The maximum absolute atomic E-state index is 12.7. The summed E-state index contributed by atoms with van der Waals surface area (Å²) in [6.45, 7) is 8.41. The molecule has 5 aromatic rings. The maximum Gasteiger partial charge on any atom is 0.330 e. The van der Waals surface area contributed by atoms with E-state index < -0.39 is 10.2 Å². The summed E-state index contributed by atoms with van der Waals surface area (Å²) in [6.07, 6.45) is 2.79. The van der Waals surface area contributed by atoms with E-state index in [0.29, 0.717) is 34.3 Å². The Kier molecular flexibility index (Phi) is 8.40. The normalized spacial score (nSPS) is 14.5. The summed E-state index contributed by atoms with van der Waals surface area (Å²) in [7, 11) is -3.94. The molecule has 0 saturated carbocycles. The maximum atomic E-state index is 12.7. The van der Waals surface area contributed by atoms with Crippen LogP contribution in [0.25, 0.3) is 28.1 Å². The summed E-state index contributed by atoms with van der Waals surface area (Å²) in [4.78, 5) is 4.99. The summed E-state index contributed by atoms with van der Waals surface area (Å²) < 4.78 is 30.7. The molecule has 1 aromatic heterocycles. The number of imidazole rings is 1. The Morgan fingerprint density at radius 2 is 1.46 bits per heavy atom. The number of aliphatic hydroxyl groups is 1. The molecular formula is C36H34Cl2N4O3S. The third kappa shape index (κ3) is 6.25. The molecule has 0 bridgehead atoms. The number of hydrogen-bond acceptors (Lipinski definition) is 4. The van der Waals surface area contributed by atoms with E-state index in [1.807, 2.05) is 29.0 Å². The summed E-state index contributed by atoms with van der Waals surface area (Å²) >= 11 is 12.7. The number of aromatic nitrogens is 2. The van der Waals surface area contributed by atoms with Crippen molar-refractivity contribution < 1.29 is 13.5 Å². The lowest BCUT2D eigenvalue weighted by atomic mass is 9.86. The van der Waals surface area contributed by atoms with E-state index in [1.54, 1.807) is 31.2 Å². The zero-order chi connectivity index (χ0) is 32.8. The molecule has 1 aliphatic rings. The Balaban J connectivity index is 1.34. The number of nitrogens with zero attached hydrogens (tertiary/aromatic N) is 3. The Bertz CT molecular complexity index is 2050. The molecule has 2 N–H and O–H groups in total. The number of rotatable bonds is 7. The molecular weight excluding hydrogens is 639 g/mol. The highest BCUT2D eigenvalue weighted by Gasteiger charge is 2.35. The predicted octanol–water partition coefficient (Wildman–Crippen LogP) is 9.19. The zero-order valence-corrected chi connectivity index (χ0v) is 28.2. The van der Waals surface area contributed by atoms with Gasteiger partial charge in [-0.15, -0.1) is 0 Å². The molecule has 10 heteroatoms. The van der Waals surface area contributed by atoms with Crippen LogP contribution in [0, 0.1) is 0 Å². The van der Waals surface area contributed by atoms with Crippen molar-refractivity contribution in [3.05, 3.63) is 136 Å². The Hall–Kier alpha value is -4.24. The van der Waals surface area contributed by atoms with Crippen LogP contribution in [0.15, 0.2) is 109 Å². The lowest BCUT2D eigenvalue weighted by molar-refractivity contribution is 0.386. The van der Waals surface area contributed by atoms with Gasteiger partial charge in [-0.05, 0) is 76.6 Å². The van der Waals surface area contributed by atoms with Crippen LogP contribution in [0.5, 0.6) is 0 Å². The van der Waals surface area contributed by atoms with E-state index in [0.717, 1.165) is 38.1 Å². The van der Waals surface area contributed by atoms with Crippen LogP contribution < -0.4 is 9.03 Å². The average Bonchev–Trinajstić information content (AvgIpc) is 3.53. The van der Waals surface area contributed by atoms with Crippen LogP contribution in [0.2, 0.25) is 10.0 Å². The highest BCUT2D eigenvalue weighted by molar-refractivity contribution is 7.91. The van der Waals surface area contributed by atoms with Gasteiger partial charge in [0.15, 0.2) is 0 Å². The van der Waals surface area contributed by atoms with Crippen molar-refractivity contribution >= 4 is 39.1 Å². The van der Waals surface area contributed by atoms with Crippen LogP contribution in [0.4, 0.5) is 5.69 Å². The number of anilines is 1. The lowest BCUT2D eigenvalue weighted by Gasteiger charge is -2.19. The van der Waals surface area contributed by atoms with Gasteiger partial charge in [-0.1, -0.05) is 99.4 Å². The first-order valence-electron chi connectivity index (χ1n) is 14.9. The van der Waals surface area contributed by atoms with Crippen molar-refractivity contribution in [2.45, 2.75) is 46.0 Å². The van der Waals surface area contributed by atoms with E-state index in [4.69, 9.17) is 28.2 Å². The van der Waals surface area contributed by atoms with Crippen molar-refractivity contribution in [1.82, 2.24) is 14.3 Å². The average molecular weight is 674 g/mol. The van der Waals surface area contributed by atoms with Crippen molar-refractivity contribution in [2.75, 3.05) is 4.31 Å². The second-order valence-corrected chi connectivity index (χ2v) is 14.6. The van der Waals surface area contributed by atoms with E-state index in [2.05, 4.69) is 74.0 Å². The molecule has 0 fully saturated rings. The van der Waals surface area contributed by atoms with Crippen LogP contribution in [-0.2, 0) is 22.0 Å². The number of nitrogens with one attached hydrogen (secondary N) is 1. The molecule has 0 atom stereocenters. The van der Waals surface area contributed by atoms with Crippen molar-refractivity contribution in [1.29, 1.82) is 0 Å². The molecule has 7 nitrogen and oxygen atoms in total. The molecule has 0 spiro atoms. The van der Waals surface area contributed by atoms with Gasteiger partial charge in [0.05, 0.1) is 22.1 Å². The summed E-state index contributed by atoms with van der Waals surface area (Å²) in [5.74, 6) is 0.416. The summed E-state index contributed by atoms with van der Waals surface area (Å²) in [6, 6.07) is 29.6. The fraction of sp³-hybridized carbons (Fsp3) is 0.194. The first-order chi connectivity index (χ1) is 21.8. The molecule has 0 radical (unpaired) electrons. The van der Waals surface area contributed by atoms with Crippen LogP contribution >= 0.6 is 23.2 Å². The number of benzene rings is 4. The standard InChI is InChI=1S/C36H34Cl2N4O3S/c1-5-33-35(43)40-46(44,45)42(33)29-17-15-28(16-18-29)41-22-32(30-19-14-27(37)21-31(30)38)39-34(41)20-23-6-8-24(9-7-23)25-10-12-26(13-11-25)36(2,3)4/h6-19,21-22,40,43H,5,20H2,1-4H3. The topological polar surface area (TPSA) is 87.5 Å². The van der Waals surface area contributed by atoms with Crippen LogP contribution in [0.1, 0.15) is 51.1 Å². The Morgan fingerprint density at radius 1 is 0.848 bits per heavy atom. The quantitative estimate of drug-likeness (QED) is 0.180. The smallest absolute Gasteiger partial charge is 0.330 e. The molecule has 1 aliphatic heterocycles. The van der Waals surface area contributed by atoms with Crippen LogP contribution in [0.3, 0.4) is 0 Å².